The Labute approximate surface area is 384 Å². The predicted octanol–water partition coefficient (Wildman–Crippen LogP) is 16.4. The summed E-state index contributed by atoms with van der Waals surface area (Å²) in [5.74, 6) is 0.974. The summed E-state index contributed by atoms with van der Waals surface area (Å²) in [7, 11) is 0. The molecule has 0 bridgehead atoms. The summed E-state index contributed by atoms with van der Waals surface area (Å²) in [5.41, 5.74) is 19.6. The van der Waals surface area contributed by atoms with E-state index in [-0.39, 0.29) is 5.41 Å². The average Bonchev–Trinajstić information content (AvgIpc) is 4.16. The number of furan rings is 1. The number of para-hydroxylation sites is 4. The predicted molar refractivity (Wildman–Crippen MR) is 273 cm³/mol. The second-order valence-corrected chi connectivity index (χ2v) is 18.9. The molecule has 3 unspecified atom stereocenters. The van der Waals surface area contributed by atoms with Crippen molar-refractivity contribution in [2.75, 3.05) is 9.80 Å². The van der Waals surface area contributed by atoms with Gasteiger partial charge in [-0.1, -0.05) is 121 Å². The van der Waals surface area contributed by atoms with Crippen LogP contribution in [0.15, 0.2) is 211 Å². The molecule has 0 N–H and O–H groups in total. The lowest BCUT2D eigenvalue weighted by Crippen LogP contribution is -2.34. The molecule has 3 aliphatic rings. The lowest BCUT2D eigenvalue weighted by molar-refractivity contribution is 0.350. The maximum atomic E-state index is 6.56. The van der Waals surface area contributed by atoms with Crippen molar-refractivity contribution in [1.29, 1.82) is 0 Å². The maximum Gasteiger partial charge on any atom is 0.137 e. The van der Waals surface area contributed by atoms with Gasteiger partial charge in [0.05, 0.1) is 22.4 Å². The number of aryl methyl sites for hydroxylation is 1. The largest absolute Gasteiger partial charge is 0.456 e. The van der Waals surface area contributed by atoms with Crippen LogP contribution in [0.2, 0.25) is 0 Å². The van der Waals surface area contributed by atoms with Crippen LogP contribution in [0, 0.1) is 18.8 Å². The van der Waals surface area contributed by atoms with Gasteiger partial charge < -0.3 is 18.8 Å². The van der Waals surface area contributed by atoms with Crippen molar-refractivity contribution >= 4 is 77.9 Å². The molecule has 9 aromatic carbocycles. The maximum absolute atomic E-state index is 6.56. The highest BCUT2D eigenvalue weighted by Crippen LogP contribution is 2.69. The molecule has 4 heteroatoms. The topological polar surface area (TPSA) is 24.6 Å². The van der Waals surface area contributed by atoms with E-state index in [1.54, 1.807) is 0 Å². The quantitative estimate of drug-likeness (QED) is 0.160. The van der Waals surface area contributed by atoms with Crippen LogP contribution in [0.1, 0.15) is 40.7 Å². The van der Waals surface area contributed by atoms with Crippen molar-refractivity contribution < 1.29 is 4.42 Å². The van der Waals surface area contributed by atoms with Gasteiger partial charge in [-0.3, -0.25) is 0 Å². The van der Waals surface area contributed by atoms with Gasteiger partial charge in [0.2, 0.25) is 0 Å². The molecule has 14 rings (SSSR count). The molecular formula is C62H47N3O. The first kappa shape index (κ1) is 37.5. The molecule has 66 heavy (non-hydrogen) atoms. The van der Waals surface area contributed by atoms with Gasteiger partial charge in [-0.2, -0.15) is 0 Å². The van der Waals surface area contributed by atoms with E-state index in [9.17, 15) is 0 Å². The standard InChI is InChI=1S/C62H47N3O/c1-40-26-30-47(31-27-40)65-54-22-10-8-20-50(54)51-34-32-48(38-57(51)65)63(45-16-4-2-5-17-45)55-23-12-14-41-36-43-28-29-44-37-42-15-13-24-56(61(42)62(43,44)60(41)55)64(46-18-6-3-7-19-46)49-33-35-53-52-21-9-11-25-58(52)66-59(53)39-49/h2-27,30-35,38-39,43-44H,28-29,36-37H2,1H3. The number of fused-ring (bicyclic) bond motifs is 8. The normalized spacial score (nSPS) is 18.2. The Hall–Kier alpha value is -7.82. The highest BCUT2D eigenvalue weighted by atomic mass is 16.3. The van der Waals surface area contributed by atoms with Crippen LogP contribution in [0.5, 0.6) is 0 Å². The average molecular weight is 850 g/mol. The first-order valence-corrected chi connectivity index (χ1v) is 23.6. The Morgan fingerprint density at radius 3 is 1.62 bits per heavy atom. The van der Waals surface area contributed by atoms with Crippen LogP contribution < -0.4 is 9.80 Å². The highest BCUT2D eigenvalue weighted by molar-refractivity contribution is 6.11. The molecule has 0 aliphatic heterocycles. The van der Waals surface area contributed by atoms with Gasteiger partial charge >= 0.3 is 0 Å². The van der Waals surface area contributed by atoms with Crippen molar-refractivity contribution in [3.63, 3.8) is 0 Å². The van der Waals surface area contributed by atoms with Gasteiger partial charge in [0.1, 0.15) is 11.2 Å². The van der Waals surface area contributed by atoms with Gasteiger partial charge in [0.25, 0.3) is 0 Å². The van der Waals surface area contributed by atoms with E-state index in [1.807, 2.05) is 0 Å². The fourth-order valence-corrected chi connectivity index (χ4v) is 13.0. The van der Waals surface area contributed by atoms with Gasteiger partial charge in [-0.15, -0.1) is 0 Å². The molecule has 1 fully saturated rings. The van der Waals surface area contributed by atoms with Crippen molar-refractivity contribution in [3.8, 4) is 5.69 Å². The van der Waals surface area contributed by atoms with Crippen LogP contribution in [-0.2, 0) is 18.3 Å². The van der Waals surface area contributed by atoms with Crippen LogP contribution >= 0.6 is 0 Å². The molecule has 1 saturated carbocycles. The minimum absolute atomic E-state index is 0.178. The number of hydrogen-bond acceptors (Lipinski definition) is 3. The van der Waals surface area contributed by atoms with Gasteiger partial charge in [0, 0.05) is 61.5 Å². The number of rotatable bonds is 7. The van der Waals surface area contributed by atoms with Crippen LogP contribution in [0.25, 0.3) is 49.4 Å². The van der Waals surface area contributed by atoms with E-state index in [0.717, 1.165) is 57.5 Å². The summed E-state index contributed by atoms with van der Waals surface area (Å²) in [6.07, 6.45) is 4.59. The van der Waals surface area contributed by atoms with Crippen LogP contribution in [-0.4, -0.2) is 4.57 Å². The van der Waals surface area contributed by atoms with Crippen molar-refractivity contribution in [3.05, 3.63) is 234 Å². The monoisotopic (exact) mass is 849 g/mol. The molecule has 2 heterocycles. The van der Waals surface area contributed by atoms with E-state index in [1.165, 1.54) is 79.5 Å². The third-order valence-corrected chi connectivity index (χ3v) is 15.5. The smallest absolute Gasteiger partial charge is 0.137 e. The molecule has 0 radical (unpaired) electrons. The summed E-state index contributed by atoms with van der Waals surface area (Å²) < 4.78 is 9.02. The fraction of sp³-hybridized carbons (Fsp3) is 0.129. The van der Waals surface area contributed by atoms with Crippen molar-refractivity contribution in [1.82, 2.24) is 4.57 Å². The molecule has 316 valence electrons. The lowest BCUT2D eigenvalue weighted by atomic mass is 9.68. The zero-order valence-electron chi connectivity index (χ0n) is 36.9. The Bertz CT molecular complexity index is 3690. The number of nitrogens with zero attached hydrogens (tertiary/aromatic N) is 3. The van der Waals surface area contributed by atoms with Crippen molar-refractivity contribution in [2.24, 2.45) is 11.8 Å². The Kier molecular flexibility index (Phi) is 8.16. The SMILES string of the molecule is Cc1ccc(-n2c3ccccc3c3ccc(N(c4ccccc4)c4cccc5c4C46c7c(cccc7N(c7ccccc7)c7ccc8c(c7)oc7ccccc78)CC4CCC6C5)cc32)cc1. The third kappa shape index (κ3) is 5.33. The molecule has 3 aliphatic carbocycles. The summed E-state index contributed by atoms with van der Waals surface area (Å²) in [6, 6.07) is 76.5. The molecule has 0 saturated heterocycles. The van der Waals surface area contributed by atoms with Gasteiger partial charge in [-0.25, -0.2) is 0 Å². The van der Waals surface area contributed by atoms with E-state index in [4.69, 9.17) is 4.42 Å². The minimum Gasteiger partial charge on any atom is -0.456 e. The van der Waals surface area contributed by atoms with E-state index < -0.39 is 0 Å². The summed E-state index contributed by atoms with van der Waals surface area (Å²) in [4.78, 5) is 5.10. The number of hydrogen-bond donors (Lipinski definition) is 0. The van der Waals surface area contributed by atoms with E-state index in [2.05, 4.69) is 228 Å². The highest BCUT2D eigenvalue weighted by Gasteiger charge is 2.62. The molecule has 3 atom stereocenters. The van der Waals surface area contributed by atoms with Crippen LogP contribution in [0.3, 0.4) is 0 Å². The number of benzene rings is 9. The van der Waals surface area contributed by atoms with Crippen LogP contribution in [0.4, 0.5) is 34.1 Å². The fourth-order valence-electron chi connectivity index (χ4n) is 13.0. The molecule has 11 aromatic rings. The second kappa shape index (κ2) is 14.3. The lowest BCUT2D eigenvalue weighted by Gasteiger charge is -2.40. The number of anilines is 6. The summed E-state index contributed by atoms with van der Waals surface area (Å²) >= 11 is 0. The number of aromatic nitrogens is 1. The Balaban J connectivity index is 1.01. The third-order valence-electron chi connectivity index (χ3n) is 15.5. The molecule has 0 amide bonds. The Morgan fingerprint density at radius 1 is 0.439 bits per heavy atom. The summed E-state index contributed by atoms with van der Waals surface area (Å²) in [5, 5.41) is 4.81. The first-order chi connectivity index (χ1) is 32.6. The van der Waals surface area contributed by atoms with Gasteiger partial charge in [0.15, 0.2) is 0 Å². The zero-order valence-corrected chi connectivity index (χ0v) is 36.9. The van der Waals surface area contributed by atoms with Crippen molar-refractivity contribution in [2.45, 2.75) is 38.0 Å². The zero-order chi connectivity index (χ0) is 43.5. The van der Waals surface area contributed by atoms with E-state index >= 15 is 0 Å². The minimum atomic E-state index is -0.178. The second-order valence-electron chi connectivity index (χ2n) is 18.9. The molecule has 4 nitrogen and oxygen atoms in total. The summed E-state index contributed by atoms with van der Waals surface area (Å²) in [6.45, 7) is 2.16. The molecule has 1 spiro atoms. The molecule has 2 aromatic heterocycles. The molecular weight excluding hydrogens is 803 g/mol. The van der Waals surface area contributed by atoms with Gasteiger partial charge in [-0.05, 0) is 152 Å². The Morgan fingerprint density at radius 2 is 0.970 bits per heavy atom. The van der Waals surface area contributed by atoms with E-state index in [0.29, 0.717) is 11.8 Å². The first-order valence-electron chi connectivity index (χ1n) is 23.6.